The second-order valence-corrected chi connectivity index (χ2v) is 14.1. The summed E-state index contributed by atoms with van der Waals surface area (Å²) in [4.78, 5) is 29.5. The van der Waals surface area contributed by atoms with Crippen LogP contribution in [0.5, 0.6) is 0 Å². The fourth-order valence-electron chi connectivity index (χ4n) is 7.72. The van der Waals surface area contributed by atoms with E-state index in [1.165, 1.54) is 26.6 Å². The molecule has 4 unspecified atom stereocenters. The Labute approximate surface area is 214 Å². The lowest BCUT2D eigenvalue weighted by Crippen LogP contribution is -2.63. The smallest absolute Gasteiger partial charge is 0.333 e. The fourth-order valence-corrected chi connectivity index (χ4v) is 8.69. The number of nitrogens with one attached hydrogen (secondary N) is 1. The highest BCUT2D eigenvalue weighted by Gasteiger charge is 2.81. The van der Waals surface area contributed by atoms with Gasteiger partial charge in [0, 0.05) is 32.1 Å². The van der Waals surface area contributed by atoms with E-state index in [-0.39, 0.29) is 40.4 Å². The van der Waals surface area contributed by atoms with Crippen LogP contribution in [-0.4, -0.2) is 61.8 Å². The highest BCUT2D eigenvalue weighted by atomic mass is 32.2. The third-order valence-electron chi connectivity index (χ3n) is 10.1. The van der Waals surface area contributed by atoms with E-state index in [1.54, 1.807) is 23.1 Å². The molecule has 3 saturated carbocycles. The standard InChI is InChI=1S/C27H39N3O5S/c1-25-18-30(24(32)28-21-10-6-5-7-11-21)27(16-20(25)13-14-26(25,27)2)23(31)35-17-19-9-8-12-22(15-19)36(33,34)29(3)4/h8-9,12,15,20-21H,5-7,10-11,13-14,16-18H2,1-4H3,(H,28,32). The van der Waals surface area contributed by atoms with E-state index in [9.17, 15) is 18.0 Å². The van der Waals surface area contributed by atoms with Gasteiger partial charge in [0.25, 0.3) is 0 Å². The molecule has 0 aromatic heterocycles. The Kier molecular flexibility index (Phi) is 6.18. The third-order valence-corrected chi connectivity index (χ3v) is 11.9. The molecule has 198 valence electrons. The summed E-state index contributed by atoms with van der Waals surface area (Å²) in [6, 6.07) is 6.53. The first-order valence-corrected chi connectivity index (χ1v) is 14.7. The molecule has 3 aliphatic carbocycles. The van der Waals surface area contributed by atoms with Crippen LogP contribution >= 0.6 is 0 Å². The first-order chi connectivity index (χ1) is 17.0. The zero-order valence-corrected chi connectivity index (χ0v) is 22.7. The van der Waals surface area contributed by atoms with Gasteiger partial charge in [-0.2, -0.15) is 0 Å². The number of rotatable bonds is 6. The van der Waals surface area contributed by atoms with Crippen molar-refractivity contribution in [2.45, 2.75) is 88.3 Å². The number of piperidine rings is 1. The lowest BCUT2D eigenvalue weighted by atomic mass is 9.65. The highest BCUT2D eigenvalue weighted by Crippen LogP contribution is 2.76. The topological polar surface area (TPSA) is 96.0 Å². The van der Waals surface area contributed by atoms with Crippen LogP contribution in [0.4, 0.5) is 4.79 Å². The van der Waals surface area contributed by atoms with Crippen molar-refractivity contribution < 1.29 is 22.7 Å². The minimum absolute atomic E-state index is 0.0348. The monoisotopic (exact) mass is 517 g/mol. The zero-order valence-electron chi connectivity index (χ0n) is 21.9. The van der Waals surface area contributed by atoms with Crippen LogP contribution in [0.25, 0.3) is 0 Å². The number of hydrogen-bond acceptors (Lipinski definition) is 5. The molecular weight excluding hydrogens is 478 g/mol. The third kappa shape index (κ3) is 3.52. The van der Waals surface area contributed by atoms with Gasteiger partial charge in [-0.25, -0.2) is 22.3 Å². The Bertz CT molecular complexity index is 1160. The molecular formula is C27H39N3O5S. The molecule has 0 spiro atoms. The molecule has 4 fully saturated rings. The van der Waals surface area contributed by atoms with Gasteiger partial charge in [-0.3, -0.25) is 0 Å². The van der Waals surface area contributed by atoms with E-state index in [1.807, 2.05) is 0 Å². The minimum atomic E-state index is -3.59. The van der Waals surface area contributed by atoms with Crippen LogP contribution in [0, 0.1) is 16.7 Å². The van der Waals surface area contributed by atoms with Crippen molar-refractivity contribution in [2.75, 3.05) is 20.6 Å². The van der Waals surface area contributed by atoms with Crippen LogP contribution in [0.3, 0.4) is 0 Å². The predicted octanol–water partition coefficient (Wildman–Crippen LogP) is 3.90. The molecule has 4 atom stereocenters. The molecule has 1 aromatic carbocycles. The first-order valence-electron chi connectivity index (χ1n) is 13.2. The number of urea groups is 1. The van der Waals surface area contributed by atoms with Gasteiger partial charge < -0.3 is 15.0 Å². The fraction of sp³-hybridized carbons (Fsp3) is 0.704. The van der Waals surface area contributed by atoms with Crippen molar-refractivity contribution in [1.82, 2.24) is 14.5 Å². The average Bonchev–Trinajstić information content (AvgIpc) is 3.31. The molecule has 8 nitrogen and oxygen atoms in total. The molecule has 9 heteroatoms. The summed E-state index contributed by atoms with van der Waals surface area (Å²) < 4.78 is 32.2. The van der Waals surface area contributed by atoms with Crippen molar-refractivity contribution in [3.63, 3.8) is 0 Å². The summed E-state index contributed by atoms with van der Waals surface area (Å²) in [6.07, 6.45) is 8.03. The predicted molar refractivity (Wildman–Crippen MR) is 136 cm³/mol. The van der Waals surface area contributed by atoms with Gasteiger partial charge in [0.15, 0.2) is 0 Å². The molecule has 1 N–H and O–H groups in total. The molecule has 36 heavy (non-hydrogen) atoms. The van der Waals surface area contributed by atoms with Gasteiger partial charge in [0.1, 0.15) is 12.1 Å². The number of amides is 2. The largest absolute Gasteiger partial charge is 0.459 e. The summed E-state index contributed by atoms with van der Waals surface area (Å²) >= 11 is 0. The quantitative estimate of drug-likeness (QED) is 0.578. The number of hydrogen-bond donors (Lipinski definition) is 1. The Hall–Kier alpha value is -2.13. The molecule has 4 aliphatic rings. The Balaban J connectivity index is 1.39. The number of likely N-dealkylation sites (tertiary alicyclic amines) is 1. The molecule has 1 heterocycles. The maximum Gasteiger partial charge on any atom is 0.333 e. The lowest BCUT2D eigenvalue weighted by Gasteiger charge is -2.46. The number of benzene rings is 1. The zero-order chi connectivity index (χ0) is 25.9. The summed E-state index contributed by atoms with van der Waals surface area (Å²) in [6.45, 7) is 4.94. The Morgan fingerprint density at radius 1 is 1.14 bits per heavy atom. The van der Waals surface area contributed by atoms with E-state index < -0.39 is 15.6 Å². The summed E-state index contributed by atoms with van der Waals surface area (Å²) in [5, 5.41) is 3.24. The van der Waals surface area contributed by atoms with Crippen LogP contribution in [-0.2, 0) is 26.2 Å². The summed E-state index contributed by atoms with van der Waals surface area (Å²) in [5.41, 5.74) is -0.844. The SMILES string of the molecule is CN(C)S(=O)(=O)c1cccc(COC(=O)C23CC4CCC2(C)C4(C)CN3C(=O)NC2CCCCC2)c1. The van der Waals surface area contributed by atoms with E-state index in [4.69, 9.17) is 4.74 Å². The second kappa shape index (κ2) is 8.72. The molecule has 2 amide bonds. The van der Waals surface area contributed by atoms with Crippen molar-refractivity contribution in [1.29, 1.82) is 0 Å². The molecule has 4 bridgehead atoms. The number of carbonyl (C=O) groups is 2. The van der Waals surface area contributed by atoms with Crippen LogP contribution in [0.15, 0.2) is 29.2 Å². The highest BCUT2D eigenvalue weighted by molar-refractivity contribution is 7.89. The van der Waals surface area contributed by atoms with E-state index in [0.29, 0.717) is 24.4 Å². The number of esters is 1. The van der Waals surface area contributed by atoms with Crippen LogP contribution in [0.2, 0.25) is 0 Å². The second-order valence-electron chi connectivity index (χ2n) is 11.9. The number of ether oxygens (including phenoxy) is 1. The van der Waals surface area contributed by atoms with E-state index >= 15 is 0 Å². The normalized spacial score (nSPS) is 33.8. The Morgan fingerprint density at radius 2 is 1.86 bits per heavy atom. The average molecular weight is 518 g/mol. The van der Waals surface area contributed by atoms with Gasteiger partial charge in [0.05, 0.1) is 4.90 Å². The van der Waals surface area contributed by atoms with Gasteiger partial charge in [-0.1, -0.05) is 45.2 Å². The molecule has 5 rings (SSSR count). The lowest BCUT2D eigenvalue weighted by molar-refractivity contribution is -0.163. The van der Waals surface area contributed by atoms with Crippen LogP contribution < -0.4 is 5.32 Å². The van der Waals surface area contributed by atoms with Crippen molar-refractivity contribution in [3.8, 4) is 0 Å². The molecule has 1 saturated heterocycles. The molecule has 1 aliphatic heterocycles. The number of nitrogens with zero attached hydrogens (tertiary/aromatic N) is 2. The van der Waals surface area contributed by atoms with Crippen LogP contribution in [0.1, 0.15) is 70.8 Å². The number of sulfonamides is 1. The maximum atomic E-state index is 14.0. The van der Waals surface area contributed by atoms with Crippen molar-refractivity contribution in [2.24, 2.45) is 16.7 Å². The molecule has 0 radical (unpaired) electrons. The number of carbonyl (C=O) groups excluding carboxylic acids is 2. The van der Waals surface area contributed by atoms with Gasteiger partial charge in [-0.15, -0.1) is 0 Å². The van der Waals surface area contributed by atoms with Gasteiger partial charge in [-0.05, 0) is 61.1 Å². The first kappa shape index (κ1) is 25.5. The minimum Gasteiger partial charge on any atom is -0.459 e. The maximum absolute atomic E-state index is 14.0. The van der Waals surface area contributed by atoms with Crippen molar-refractivity contribution in [3.05, 3.63) is 29.8 Å². The van der Waals surface area contributed by atoms with Crippen molar-refractivity contribution >= 4 is 22.0 Å². The van der Waals surface area contributed by atoms with Gasteiger partial charge >= 0.3 is 12.0 Å². The van der Waals surface area contributed by atoms with E-state index in [0.717, 1.165) is 42.8 Å². The Morgan fingerprint density at radius 3 is 2.53 bits per heavy atom. The molecule has 1 aromatic rings. The van der Waals surface area contributed by atoms with E-state index in [2.05, 4.69) is 19.2 Å². The van der Waals surface area contributed by atoms with Gasteiger partial charge in [0.2, 0.25) is 10.0 Å². The summed E-state index contributed by atoms with van der Waals surface area (Å²) in [7, 11) is -0.617. The summed E-state index contributed by atoms with van der Waals surface area (Å²) in [5.74, 6) is 0.0259.